The number of esters is 1. The van der Waals surface area contributed by atoms with E-state index in [9.17, 15) is 14.0 Å². The molecule has 0 saturated carbocycles. The predicted molar refractivity (Wildman–Crippen MR) is 106 cm³/mol. The van der Waals surface area contributed by atoms with Gasteiger partial charge in [0.25, 0.3) is 5.91 Å². The van der Waals surface area contributed by atoms with Crippen molar-refractivity contribution >= 4 is 28.2 Å². The van der Waals surface area contributed by atoms with Crippen LogP contribution in [0.25, 0.3) is 11.1 Å². The van der Waals surface area contributed by atoms with Gasteiger partial charge >= 0.3 is 5.97 Å². The molecule has 0 spiro atoms. The molecule has 2 heterocycles. The number of amides is 1. The number of ether oxygens (including phenoxy) is 3. The lowest BCUT2D eigenvalue weighted by Crippen LogP contribution is -2.14. The molecule has 29 heavy (non-hydrogen) atoms. The van der Waals surface area contributed by atoms with Crippen molar-refractivity contribution in [3.05, 3.63) is 64.8 Å². The first-order chi connectivity index (χ1) is 14.1. The first kappa shape index (κ1) is 18.9. The molecular weight excluding hydrogens is 397 g/mol. The number of fused-ring (bicyclic) bond motifs is 1. The molecule has 0 atom stereocenters. The highest BCUT2D eigenvalue weighted by molar-refractivity contribution is 7.15. The van der Waals surface area contributed by atoms with Gasteiger partial charge < -0.3 is 19.5 Å². The molecule has 0 saturated heterocycles. The number of carbonyl (C=O) groups is 2. The molecule has 148 valence electrons. The fraction of sp³-hybridized carbons (Fsp3) is 0.143. The third kappa shape index (κ3) is 3.79. The molecule has 1 aromatic heterocycles. The van der Waals surface area contributed by atoms with E-state index in [0.29, 0.717) is 33.2 Å². The molecule has 1 N–H and O–H groups in total. The molecule has 0 radical (unpaired) electrons. The molecule has 6 nitrogen and oxygen atoms in total. The lowest BCUT2D eigenvalue weighted by Gasteiger charge is -2.09. The Bertz CT molecular complexity index is 1080. The van der Waals surface area contributed by atoms with E-state index in [4.69, 9.17) is 14.2 Å². The van der Waals surface area contributed by atoms with Gasteiger partial charge in [0.1, 0.15) is 16.4 Å². The van der Waals surface area contributed by atoms with Crippen LogP contribution < -0.4 is 14.8 Å². The molecular formula is C21H16FNO5S. The molecule has 0 fully saturated rings. The van der Waals surface area contributed by atoms with Gasteiger partial charge in [0.2, 0.25) is 6.79 Å². The zero-order valence-electron chi connectivity index (χ0n) is 15.4. The Hall–Kier alpha value is -3.39. The van der Waals surface area contributed by atoms with Crippen molar-refractivity contribution in [3.8, 4) is 22.6 Å². The summed E-state index contributed by atoms with van der Waals surface area (Å²) < 4.78 is 29.0. The van der Waals surface area contributed by atoms with Crippen molar-refractivity contribution in [2.45, 2.75) is 6.92 Å². The SMILES string of the molecule is CCOC(=O)c1c(-c2ccc(F)cc2)csc1NC(=O)c1ccc2c(c1)OCO2. The van der Waals surface area contributed by atoms with Crippen LogP contribution in [0.5, 0.6) is 11.5 Å². The first-order valence-electron chi connectivity index (χ1n) is 8.82. The molecule has 3 aromatic rings. The van der Waals surface area contributed by atoms with E-state index in [0.717, 1.165) is 0 Å². The van der Waals surface area contributed by atoms with Crippen molar-refractivity contribution in [3.63, 3.8) is 0 Å². The minimum atomic E-state index is -0.561. The van der Waals surface area contributed by atoms with Gasteiger partial charge in [-0.25, -0.2) is 9.18 Å². The Morgan fingerprint density at radius 2 is 1.90 bits per heavy atom. The summed E-state index contributed by atoms with van der Waals surface area (Å²) in [6.07, 6.45) is 0. The van der Waals surface area contributed by atoms with Gasteiger partial charge in [0, 0.05) is 16.5 Å². The molecule has 1 aliphatic rings. The highest BCUT2D eigenvalue weighted by atomic mass is 32.1. The summed E-state index contributed by atoms with van der Waals surface area (Å²) >= 11 is 1.20. The number of nitrogens with one attached hydrogen (secondary N) is 1. The van der Waals surface area contributed by atoms with E-state index in [1.807, 2.05) is 0 Å². The van der Waals surface area contributed by atoms with E-state index >= 15 is 0 Å². The monoisotopic (exact) mass is 413 g/mol. The van der Waals surface area contributed by atoms with E-state index < -0.39 is 11.9 Å². The Balaban J connectivity index is 1.67. The summed E-state index contributed by atoms with van der Waals surface area (Å²) in [7, 11) is 0. The van der Waals surface area contributed by atoms with Crippen LogP contribution in [0.1, 0.15) is 27.6 Å². The van der Waals surface area contributed by atoms with Crippen molar-refractivity contribution < 1.29 is 28.2 Å². The number of benzene rings is 2. The van der Waals surface area contributed by atoms with Crippen LogP contribution in [0, 0.1) is 5.82 Å². The van der Waals surface area contributed by atoms with E-state index in [1.54, 1.807) is 42.6 Å². The van der Waals surface area contributed by atoms with Gasteiger partial charge in [-0.1, -0.05) is 12.1 Å². The molecule has 0 unspecified atom stereocenters. The Kier molecular flexibility index (Phi) is 5.18. The standard InChI is InChI=1S/C21H16FNO5S/c1-2-26-21(25)18-15(12-3-6-14(22)7-4-12)10-29-20(18)23-19(24)13-5-8-16-17(9-13)28-11-27-16/h3-10H,2,11H2,1H3,(H,23,24). The number of hydrogen-bond acceptors (Lipinski definition) is 6. The summed E-state index contributed by atoms with van der Waals surface area (Å²) in [5, 5.41) is 4.85. The van der Waals surface area contributed by atoms with Crippen molar-refractivity contribution in [1.82, 2.24) is 0 Å². The number of rotatable bonds is 5. The number of thiophene rings is 1. The molecule has 0 bridgehead atoms. The van der Waals surface area contributed by atoms with E-state index in [-0.39, 0.29) is 24.8 Å². The van der Waals surface area contributed by atoms with Crippen LogP contribution in [0.3, 0.4) is 0 Å². The fourth-order valence-electron chi connectivity index (χ4n) is 2.91. The van der Waals surface area contributed by atoms with Crippen LogP contribution in [-0.2, 0) is 4.74 Å². The second-order valence-corrected chi connectivity index (χ2v) is 6.98. The van der Waals surface area contributed by atoms with Crippen molar-refractivity contribution in [2.24, 2.45) is 0 Å². The van der Waals surface area contributed by atoms with Crippen molar-refractivity contribution in [1.29, 1.82) is 0 Å². The zero-order valence-corrected chi connectivity index (χ0v) is 16.2. The maximum absolute atomic E-state index is 13.3. The summed E-state index contributed by atoms with van der Waals surface area (Å²) in [5.41, 5.74) is 1.81. The van der Waals surface area contributed by atoms with Crippen LogP contribution >= 0.6 is 11.3 Å². The third-order valence-corrected chi connectivity index (χ3v) is 5.18. The van der Waals surface area contributed by atoms with Gasteiger partial charge in [0.15, 0.2) is 11.5 Å². The Morgan fingerprint density at radius 1 is 1.14 bits per heavy atom. The maximum Gasteiger partial charge on any atom is 0.341 e. The third-order valence-electron chi connectivity index (χ3n) is 4.29. The summed E-state index contributed by atoms with van der Waals surface area (Å²) in [5.74, 6) is -0.279. The number of carbonyl (C=O) groups excluding carboxylic acids is 2. The number of halogens is 1. The van der Waals surface area contributed by atoms with Gasteiger partial charge in [-0.2, -0.15) is 0 Å². The van der Waals surface area contributed by atoms with E-state index in [2.05, 4.69) is 5.32 Å². The summed E-state index contributed by atoms with van der Waals surface area (Å²) in [6, 6.07) is 10.6. The summed E-state index contributed by atoms with van der Waals surface area (Å²) in [6.45, 7) is 2.00. The lowest BCUT2D eigenvalue weighted by atomic mass is 10.0. The maximum atomic E-state index is 13.3. The molecule has 4 rings (SSSR count). The quantitative estimate of drug-likeness (QED) is 0.613. The highest BCUT2D eigenvalue weighted by Crippen LogP contribution is 2.37. The van der Waals surface area contributed by atoms with Crippen LogP contribution in [-0.4, -0.2) is 25.3 Å². The average molecular weight is 413 g/mol. The molecule has 2 aromatic carbocycles. The Labute approximate surface area is 169 Å². The predicted octanol–water partition coefficient (Wildman–Crippen LogP) is 4.71. The van der Waals surface area contributed by atoms with Gasteiger partial charge in [0.05, 0.1) is 6.61 Å². The van der Waals surface area contributed by atoms with Gasteiger partial charge in [-0.15, -0.1) is 11.3 Å². The topological polar surface area (TPSA) is 73.9 Å². The zero-order chi connectivity index (χ0) is 20.4. The highest BCUT2D eigenvalue weighted by Gasteiger charge is 2.24. The largest absolute Gasteiger partial charge is 0.462 e. The Morgan fingerprint density at radius 3 is 2.66 bits per heavy atom. The van der Waals surface area contributed by atoms with Crippen molar-refractivity contribution in [2.75, 3.05) is 18.7 Å². The minimum absolute atomic E-state index is 0.110. The molecule has 0 aliphatic carbocycles. The second kappa shape index (κ2) is 7.92. The molecule has 1 amide bonds. The fourth-order valence-corrected chi connectivity index (χ4v) is 3.86. The number of hydrogen-bond donors (Lipinski definition) is 1. The normalized spacial score (nSPS) is 11.9. The molecule has 1 aliphatic heterocycles. The smallest absolute Gasteiger partial charge is 0.341 e. The average Bonchev–Trinajstić information content (AvgIpc) is 3.35. The van der Waals surface area contributed by atoms with Crippen LogP contribution in [0.2, 0.25) is 0 Å². The van der Waals surface area contributed by atoms with Crippen LogP contribution in [0.15, 0.2) is 47.8 Å². The second-order valence-electron chi connectivity index (χ2n) is 6.10. The van der Waals surface area contributed by atoms with Gasteiger partial charge in [-0.05, 0) is 42.8 Å². The van der Waals surface area contributed by atoms with Gasteiger partial charge in [-0.3, -0.25) is 4.79 Å². The number of anilines is 1. The lowest BCUT2D eigenvalue weighted by molar-refractivity contribution is 0.0529. The molecule has 8 heteroatoms. The first-order valence-corrected chi connectivity index (χ1v) is 9.70. The summed E-state index contributed by atoms with van der Waals surface area (Å²) in [4.78, 5) is 25.3. The van der Waals surface area contributed by atoms with Crippen LogP contribution in [0.4, 0.5) is 9.39 Å². The van der Waals surface area contributed by atoms with E-state index in [1.165, 1.54) is 23.5 Å². The minimum Gasteiger partial charge on any atom is -0.462 e.